The maximum Gasteiger partial charge on any atom is 0.252 e. The molecular formula is C21H23N3OS. The van der Waals surface area contributed by atoms with E-state index >= 15 is 0 Å². The number of hydrogen-bond donors (Lipinski definition) is 0. The van der Waals surface area contributed by atoms with Crippen LogP contribution in [0.4, 0.5) is 5.13 Å². The van der Waals surface area contributed by atoms with Crippen LogP contribution in [0.3, 0.4) is 0 Å². The molecule has 0 saturated heterocycles. The molecule has 0 aliphatic carbocycles. The molecule has 4 nitrogen and oxygen atoms in total. The van der Waals surface area contributed by atoms with Crippen molar-refractivity contribution < 1.29 is 4.79 Å². The Morgan fingerprint density at radius 3 is 2.62 bits per heavy atom. The van der Waals surface area contributed by atoms with Gasteiger partial charge in [0.05, 0.1) is 10.2 Å². The van der Waals surface area contributed by atoms with Crippen LogP contribution in [0.2, 0.25) is 0 Å². The molecule has 2 aromatic carbocycles. The van der Waals surface area contributed by atoms with Crippen molar-refractivity contribution in [1.29, 1.82) is 0 Å². The standard InChI is InChI=1S/C21H23N3OS/c1-16-9-11-18-19(15-16)26-21(22-18)24(14-13-23(2)3)20(25)12-10-17-7-5-4-6-8-17/h4-12,15H,13-14H2,1-3H3. The van der Waals surface area contributed by atoms with Crippen LogP contribution in [-0.2, 0) is 4.79 Å². The van der Waals surface area contributed by atoms with E-state index in [9.17, 15) is 4.79 Å². The maximum atomic E-state index is 12.9. The van der Waals surface area contributed by atoms with Crippen molar-refractivity contribution in [2.45, 2.75) is 6.92 Å². The second kappa shape index (κ2) is 8.25. The number of benzene rings is 2. The van der Waals surface area contributed by atoms with Gasteiger partial charge >= 0.3 is 0 Å². The first-order valence-corrected chi connectivity index (χ1v) is 9.41. The summed E-state index contributed by atoms with van der Waals surface area (Å²) in [6.07, 6.45) is 3.48. The highest BCUT2D eigenvalue weighted by molar-refractivity contribution is 7.22. The van der Waals surface area contributed by atoms with Gasteiger partial charge in [0.2, 0.25) is 0 Å². The summed E-state index contributed by atoms with van der Waals surface area (Å²) in [5, 5.41) is 0.746. The maximum absolute atomic E-state index is 12.9. The van der Waals surface area contributed by atoms with E-state index in [2.05, 4.69) is 22.9 Å². The minimum atomic E-state index is -0.0496. The van der Waals surface area contributed by atoms with Crippen LogP contribution in [0.15, 0.2) is 54.6 Å². The lowest BCUT2D eigenvalue weighted by atomic mass is 10.2. The number of nitrogens with zero attached hydrogens (tertiary/aromatic N) is 3. The molecule has 3 aromatic rings. The molecule has 0 radical (unpaired) electrons. The van der Waals surface area contributed by atoms with Crippen LogP contribution >= 0.6 is 11.3 Å². The van der Waals surface area contributed by atoms with Crippen molar-refractivity contribution in [2.24, 2.45) is 0 Å². The molecule has 134 valence electrons. The van der Waals surface area contributed by atoms with E-state index < -0.39 is 0 Å². The summed E-state index contributed by atoms with van der Waals surface area (Å²) in [6, 6.07) is 16.0. The van der Waals surface area contributed by atoms with E-state index in [1.54, 1.807) is 22.3 Å². The Balaban J connectivity index is 1.87. The zero-order chi connectivity index (χ0) is 18.5. The fourth-order valence-electron chi connectivity index (χ4n) is 2.56. The number of amides is 1. The Morgan fingerprint density at radius 2 is 1.88 bits per heavy atom. The second-order valence-electron chi connectivity index (χ2n) is 6.50. The van der Waals surface area contributed by atoms with E-state index in [0.29, 0.717) is 6.54 Å². The molecule has 0 saturated carbocycles. The predicted molar refractivity (Wildman–Crippen MR) is 111 cm³/mol. The number of fused-ring (bicyclic) bond motifs is 1. The average Bonchev–Trinajstić information content (AvgIpc) is 3.03. The Labute approximate surface area is 158 Å². The number of aryl methyl sites for hydroxylation is 1. The highest BCUT2D eigenvalue weighted by Gasteiger charge is 2.18. The van der Waals surface area contributed by atoms with Crippen molar-refractivity contribution >= 4 is 38.7 Å². The minimum absolute atomic E-state index is 0.0496. The van der Waals surface area contributed by atoms with Crippen LogP contribution in [0.1, 0.15) is 11.1 Å². The van der Waals surface area contributed by atoms with Gasteiger partial charge in [0.1, 0.15) is 0 Å². The lowest BCUT2D eigenvalue weighted by molar-refractivity contribution is -0.114. The van der Waals surface area contributed by atoms with Crippen molar-refractivity contribution in [3.05, 3.63) is 65.7 Å². The summed E-state index contributed by atoms with van der Waals surface area (Å²) in [7, 11) is 4.01. The summed E-state index contributed by atoms with van der Waals surface area (Å²) in [4.78, 5) is 21.4. The summed E-state index contributed by atoms with van der Waals surface area (Å²) in [6.45, 7) is 3.44. The van der Waals surface area contributed by atoms with Crippen molar-refractivity contribution in [1.82, 2.24) is 9.88 Å². The summed E-state index contributed by atoms with van der Waals surface area (Å²) in [5.74, 6) is -0.0496. The number of thiazole rings is 1. The third-order valence-electron chi connectivity index (χ3n) is 4.02. The number of carbonyl (C=O) groups excluding carboxylic acids is 1. The molecule has 0 atom stereocenters. The van der Waals surface area contributed by atoms with Crippen LogP contribution in [0.25, 0.3) is 16.3 Å². The monoisotopic (exact) mass is 365 g/mol. The van der Waals surface area contributed by atoms with Gasteiger partial charge in [-0.2, -0.15) is 0 Å². The Kier molecular flexibility index (Phi) is 5.81. The third kappa shape index (κ3) is 4.56. The quantitative estimate of drug-likeness (QED) is 0.614. The van der Waals surface area contributed by atoms with E-state index in [1.165, 1.54) is 5.56 Å². The van der Waals surface area contributed by atoms with Crippen LogP contribution in [0.5, 0.6) is 0 Å². The van der Waals surface area contributed by atoms with Crippen LogP contribution < -0.4 is 4.90 Å². The van der Waals surface area contributed by atoms with Gasteiger partial charge in [-0.3, -0.25) is 9.69 Å². The average molecular weight is 366 g/mol. The fraction of sp³-hybridized carbons (Fsp3) is 0.238. The highest BCUT2D eigenvalue weighted by atomic mass is 32.1. The number of carbonyl (C=O) groups is 1. The molecule has 1 aromatic heterocycles. The normalized spacial score (nSPS) is 11.5. The summed E-state index contributed by atoms with van der Waals surface area (Å²) >= 11 is 1.56. The fourth-order valence-corrected chi connectivity index (χ4v) is 3.65. The molecule has 0 fully saturated rings. The molecule has 0 bridgehead atoms. The number of anilines is 1. The molecule has 0 spiro atoms. The van der Waals surface area contributed by atoms with Crippen molar-refractivity contribution in [3.63, 3.8) is 0 Å². The molecule has 0 unspecified atom stereocenters. The zero-order valence-electron chi connectivity index (χ0n) is 15.3. The number of likely N-dealkylation sites (N-methyl/N-ethyl adjacent to an activating group) is 1. The molecule has 5 heteroatoms. The van der Waals surface area contributed by atoms with E-state index in [0.717, 1.165) is 27.5 Å². The number of rotatable bonds is 6. The summed E-state index contributed by atoms with van der Waals surface area (Å²) in [5.41, 5.74) is 3.14. The molecule has 1 heterocycles. The highest BCUT2D eigenvalue weighted by Crippen LogP contribution is 2.29. The van der Waals surface area contributed by atoms with Crippen molar-refractivity contribution in [2.75, 3.05) is 32.1 Å². The van der Waals surface area contributed by atoms with E-state index in [4.69, 9.17) is 0 Å². The Hall–Kier alpha value is -2.50. The second-order valence-corrected chi connectivity index (χ2v) is 7.51. The molecule has 3 rings (SSSR count). The van der Waals surface area contributed by atoms with Gasteiger partial charge in [-0.15, -0.1) is 0 Å². The lowest BCUT2D eigenvalue weighted by Gasteiger charge is -2.20. The molecule has 0 aliphatic heterocycles. The molecule has 26 heavy (non-hydrogen) atoms. The van der Waals surface area contributed by atoms with Crippen molar-refractivity contribution in [3.8, 4) is 0 Å². The van der Waals surface area contributed by atoms with E-state index in [-0.39, 0.29) is 5.91 Å². The van der Waals surface area contributed by atoms with E-state index in [1.807, 2.05) is 62.6 Å². The molecule has 1 amide bonds. The van der Waals surface area contributed by atoms with Gasteiger partial charge in [-0.25, -0.2) is 4.98 Å². The first kappa shape index (κ1) is 18.3. The number of hydrogen-bond acceptors (Lipinski definition) is 4. The minimum Gasteiger partial charge on any atom is -0.308 e. The van der Waals surface area contributed by atoms with Gasteiger partial charge in [-0.05, 0) is 50.4 Å². The zero-order valence-corrected chi connectivity index (χ0v) is 16.2. The predicted octanol–water partition coefficient (Wildman–Crippen LogP) is 4.21. The lowest BCUT2D eigenvalue weighted by Crippen LogP contribution is -2.35. The molecule has 0 aliphatic rings. The van der Waals surface area contributed by atoms with Crippen LogP contribution in [-0.4, -0.2) is 43.0 Å². The van der Waals surface area contributed by atoms with Gasteiger partial charge in [0, 0.05) is 19.2 Å². The van der Waals surface area contributed by atoms with Gasteiger partial charge in [0.15, 0.2) is 5.13 Å². The smallest absolute Gasteiger partial charge is 0.252 e. The Morgan fingerprint density at radius 1 is 1.12 bits per heavy atom. The molecular weight excluding hydrogens is 342 g/mol. The van der Waals surface area contributed by atoms with Gasteiger partial charge in [0.25, 0.3) is 5.91 Å². The number of aromatic nitrogens is 1. The van der Waals surface area contributed by atoms with Crippen LogP contribution in [0, 0.1) is 6.92 Å². The Bertz CT molecular complexity index is 915. The topological polar surface area (TPSA) is 36.4 Å². The summed E-state index contributed by atoms with van der Waals surface area (Å²) < 4.78 is 1.11. The SMILES string of the molecule is Cc1ccc2nc(N(CCN(C)C)C(=O)C=Cc3ccccc3)sc2c1. The first-order valence-electron chi connectivity index (χ1n) is 8.59. The third-order valence-corrected chi connectivity index (χ3v) is 5.06. The van der Waals surface area contributed by atoms with Gasteiger partial charge < -0.3 is 4.90 Å². The molecule has 0 N–H and O–H groups in total. The first-order chi connectivity index (χ1) is 12.5. The van der Waals surface area contributed by atoms with Gasteiger partial charge in [-0.1, -0.05) is 47.7 Å². The largest absolute Gasteiger partial charge is 0.308 e.